The molecule has 2 rings (SSSR count). The topological polar surface area (TPSA) is 74.6 Å². The number of carboxylic acids is 2. The van der Waals surface area contributed by atoms with Crippen LogP contribution in [-0.2, 0) is 0 Å². The van der Waals surface area contributed by atoms with E-state index in [1.165, 1.54) is 18.6 Å². The molecule has 2 N–H and O–H groups in total. The molecule has 18 heavy (non-hydrogen) atoms. The van der Waals surface area contributed by atoms with Gasteiger partial charge in [0.05, 0.1) is 11.1 Å². The molecule has 1 fully saturated rings. The average molecular weight is 248 g/mol. The van der Waals surface area contributed by atoms with Crippen LogP contribution in [-0.4, -0.2) is 22.2 Å². The summed E-state index contributed by atoms with van der Waals surface area (Å²) in [4.78, 5) is 22.1. The molecule has 1 aliphatic rings. The van der Waals surface area contributed by atoms with E-state index in [-0.39, 0.29) is 17.0 Å². The van der Waals surface area contributed by atoms with Crippen molar-refractivity contribution >= 4 is 11.9 Å². The first-order valence-electron chi connectivity index (χ1n) is 6.20. The van der Waals surface area contributed by atoms with E-state index < -0.39 is 11.9 Å². The van der Waals surface area contributed by atoms with Gasteiger partial charge in [-0.25, -0.2) is 9.59 Å². The van der Waals surface area contributed by atoms with Crippen molar-refractivity contribution in [3.63, 3.8) is 0 Å². The number of hydrogen-bond acceptors (Lipinski definition) is 2. The molecule has 0 spiro atoms. The molecular weight excluding hydrogens is 232 g/mol. The largest absolute Gasteiger partial charge is 0.478 e. The van der Waals surface area contributed by atoms with Crippen LogP contribution in [0.4, 0.5) is 0 Å². The van der Waals surface area contributed by atoms with E-state index >= 15 is 0 Å². The Morgan fingerprint density at radius 3 is 2.22 bits per heavy atom. The van der Waals surface area contributed by atoms with Gasteiger partial charge in [0, 0.05) is 0 Å². The van der Waals surface area contributed by atoms with Crippen LogP contribution < -0.4 is 0 Å². The van der Waals surface area contributed by atoms with Crippen molar-refractivity contribution in [1.29, 1.82) is 0 Å². The Morgan fingerprint density at radius 1 is 1.00 bits per heavy atom. The minimum atomic E-state index is -1.09. The summed E-state index contributed by atoms with van der Waals surface area (Å²) in [5, 5.41) is 18.1. The summed E-state index contributed by atoms with van der Waals surface area (Å²) < 4.78 is 0. The van der Waals surface area contributed by atoms with Gasteiger partial charge in [-0.1, -0.05) is 25.3 Å². The first-order chi connectivity index (χ1) is 8.59. The molecule has 4 nitrogen and oxygen atoms in total. The minimum Gasteiger partial charge on any atom is -0.478 e. The van der Waals surface area contributed by atoms with Crippen molar-refractivity contribution in [2.75, 3.05) is 0 Å². The second-order valence-corrected chi connectivity index (χ2v) is 4.75. The summed E-state index contributed by atoms with van der Waals surface area (Å²) in [7, 11) is 0. The predicted octanol–water partition coefficient (Wildman–Crippen LogP) is 3.13. The molecule has 0 atom stereocenters. The fourth-order valence-electron chi connectivity index (χ4n) is 2.64. The number of carboxylic acid groups (broad SMARTS) is 2. The van der Waals surface area contributed by atoms with Crippen LogP contribution >= 0.6 is 0 Å². The van der Waals surface area contributed by atoms with Gasteiger partial charge in [-0.3, -0.25) is 0 Å². The van der Waals surface area contributed by atoms with Gasteiger partial charge in [-0.05, 0) is 36.5 Å². The van der Waals surface area contributed by atoms with Gasteiger partial charge in [-0.2, -0.15) is 0 Å². The summed E-state index contributed by atoms with van der Waals surface area (Å²) in [6.45, 7) is 0. The Hall–Kier alpha value is -1.84. The highest BCUT2D eigenvalue weighted by atomic mass is 16.4. The fraction of sp³-hybridized carbons (Fsp3) is 0.429. The van der Waals surface area contributed by atoms with Crippen LogP contribution in [0.1, 0.15) is 64.3 Å². The second-order valence-electron chi connectivity index (χ2n) is 4.75. The summed E-state index contributed by atoms with van der Waals surface area (Å²) in [5.74, 6) is -1.88. The first kappa shape index (κ1) is 12.6. The zero-order chi connectivity index (χ0) is 13.1. The molecule has 1 aromatic carbocycles. The maximum atomic E-state index is 11.2. The molecule has 0 amide bonds. The Kier molecular flexibility index (Phi) is 3.65. The van der Waals surface area contributed by atoms with E-state index in [9.17, 15) is 14.7 Å². The number of benzene rings is 1. The maximum Gasteiger partial charge on any atom is 0.335 e. The maximum absolute atomic E-state index is 11.2. The van der Waals surface area contributed by atoms with E-state index in [2.05, 4.69) is 0 Å². The van der Waals surface area contributed by atoms with Crippen LogP contribution in [0.5, 0.6) is 0 Å². The van der Waals surface area contributed by atoms with Gasteiger partial charge in [0.25, 0.3) is 0 Å². The average Bonchev–Trinajstić information content (AvgIpc) is 2.39. The first-order valence-corrected chi connectivity index (χ1v) is 6.20. The van der Waals surface area contributed by atoms with Crippen molar-refractivity contribution < 1.29 is 19.8 Å². The molecule has 1 saturated carbocycles. The van der Waals surface area contributed by atoms with Gasteiger partial charge < -0.3 is 10.2 Å². The molecule has 0 heterocycles. The molecule has 4 heteroatoms. The highest BCUT2D eigenvalue weighted by Crippen LogP contribution is 2.34. The van der Waals surface area contributed by atoms with E-state index in [0.29, 0.717) is 0 Å². The SMILES string of the molecule is O=C(O)c1ccc(C2CCCCC2)c(C(=O)O)c1. The van der Waals surface area contributed by atoms with Crippen LogP contribution in [0, 0.1) is 0 Å². The molecule has 0 aliphatic heterocycles. The third-order valence-electron chi connectivity index (χ3n) is 3.58. The van der Waals surface area contributed by atoms with Gasteiger partial charge >= 0.3 is 11.9 Å². The van der Waals surface area contributed by atoms with E-state index in [4.69, 9.17) is 5.11 Å². The van der Waals surface area contributed by atoms with Crippen molar-refractivity contribution in [2.24, 2.45) is 0 Å². The molecule has 96 valence electrons. The lowest BCUT2D eigenvalue weighted by Crippen LogP contribution is -2.12. The Balaban J connectivity index is 2.39. The Bertz CT molecular complexity index is 473. The molecule has 0 aromatic heterocycles. The van der Waals surface area contributed by atoms with Gasteiger partial charge in [0.15, 0.2) is 0 Å². The second kappa shape index (κ2) is 5.21. The van der Waals surface area contributed by atoms with Crippen molar-refractivity contribution in [2.45, 2.75) is 38.0 Å². The lowest BCUT2D eigenvalue weighted by molar-refractivity contribution is 0.0694. The van der Waals surface area contributed by atoms with Gasteiger partial charge in [0.2, 0.25) is 0 Å². The van der Waals surface area contributed by atoms with Gasteiger partial charge in [-0.15, -0.1) is 0 Å². The molecule has 0 bridgehead atoms. The summed E-state index contributed by atoms with van der Waals surface area (Å²) in [6.07, 6.45) is 5.42. The van der Waals surface area contributed by atoms with E-state index in [0.717, 1.165) is 31.2 Å². The van der Waals surface area contributed by atoms with Crippen molar-refractivity contribution in [1.82, 2.24) is 0 Å². The number of carbonyl (C=O) groups is 2. The highest BCUT2D eigenvalue weighted by molar-refractivity contribution is 5.95. The van der Waals surface area contributed by atoms with Crippen LogP contribution in [0.3, 0.4) is 0 Å². The summed E-state index contributed by atoms with van der Waals surface area (Å²) in [6, 6.07) is 4.44. The zero-order valence-electron chi connectivity index (χ0n) is 10.1. The number of rotatable bonds is 3. The Morgan fingerprint density at radius 2 is 1.67 bits per heavy atom. The smallest absolute Gasteiger partial charge is 0.335 e. The van der Waals surface area contributed by atoms with Crippen LogP contribution in [0.2, 0.25) is 0 Å². The third-order valence-corrected chi connectivity index (χ3v) is 3.58. The summed E-state index contributed by atoms with van der Waals surface area (Å²) >= 11 is 0. The molecule has 0 radical (unpaired) electrons. The zero-order valence-corrected chi connectivity index (χ0v) is 10.1. The predicted molar refractivity (Wildman–Crippen MR) is 66.2 cm³/mol. The van der Waals surface area contributed by atoms with Gasteiger partial charge in [0.1, 0.15) is 0 Å². The lowest BCUT2D eigenvalue weighted by atomic mass is 9.81. The standard InChI is InChI=1S/C14H16O4/c15-13(16)10-6-7-11(12(8-10)14(17)18)9-4-2-1-3-5-9/h6-9H,1-5H2,(H,15,16)(H,17,18). The third kappa shape index (κ3) is 2.53. The van der Waals surface area contributed by atoms with E-state index in [1.807, 2.05) is 0 Å². The number of aromatic carboxylic acids is 2. The molecule has 1 aliphatic carbocycles. The van der Waals surface area contributed by atoms with Crippen LogP contribution in [0.25, 0.3) is 0 Å². The fourth-order valence-corrected chi connectivity index (χ4v) is 2.64. The molecule has 1 aromatic rings. The summed E-state index contributed by atoms with van der Waals surface area (Å²) in [5.41, 5.74) is 0.959. The minimum absolute atomic E-state index is 0.0342. The Labute approximate surface area is 105 Å². The monoisotopic (exact) mass is 248 g/mol. The normalized spacial score (nSPS) is 16.4. The van der Waals surface area contributed by atoms with Crippen LogP contribution in [0.15, 0.2) is 18.2 Å². The quantitative estimate of drug-likeness (QED) is 0.861. The number of hydrogen-bond donors (Lipinski definition) is 2. The van der Waals surface area contributed by atoms with Crippen molar-refractivity contribution in [3.05, 3.63) is 34.9 Å². The molecule has 0 saturated heterocycles. The van der Waals surface area contributed by atoms with E-state index in [1.54, 1.807) is 6.07 Å². The highest BCUT2D eigenvalue weighted by Gasteiger charge is 2.22. The molecular formula is C14H16O4. The van der Waals surface area contributed by atoms with Crippen molar-refractivity contribution in [3.8, 4) is 0 Å². The lowest BCUT2D eigenvalue weighted by Gasteiger charge is -2.23. The molecule has 0 unspecified atom stereocenters.